The van der Waals surface area contributed by atoms with E-state index in [9.17, 15) is 4.79 Å². The molecule has 0 aromatic rings. The maximum atomic E-state index is 11.0. The molecule has 12 heavy (non-hydrogen) atoms. The monoisotopic (exact) mass is 187 g/mol. The normalized spacial score (nSPS) is 22.7. The van der Waals surface area contributed by atoms with E-state index in [0.717, 1.165) is 0 Å². The number of hydrogen-bond donors (Lipinski definition) is 0. The number of esters is 1. The van der Waals surface area contributed by atoms with E-state index in [4.69, 9.17) is 0 Å². The summed E-state index contributed by atoms with van der Waals surface area (Å²) in [5, 5.41) is 0.235. The Morgan fingerprint density at radius 3 is 2.83 bits per heavy atom. The topological polar surface area (TPSA) is 38.7 Å². The minimum absolute atomic E-state index is 0.235. The molecular weight excluding hydrogens is 174 g/mol. The minimum atomic E-state index is -0.286. The van der Waals surface area contributed by atoms with Gasteiger partial charge in [-0.1, -0.05) is 13.8 Å². The lowest BCUT2D eigenvalue weighted by Crippen LogP contribution is -2.15. The quantitative estimate of drug-likeness (QED) is 0.612. The zero-order valence-electron chi connectivity index (χ0n) is 7.53. The van der Waals surface area contributed by atoms with Gasteiger partial charge in [0.1, 0.15) is 5.71 Å². The zero-order chi connectivity index (χ0) is 9.14. The Balaban J connectivity index is 2.59. The molecule has 0 aromatic carbocycles. The molecule has 0 spiro atoms. The van der Waals surface area contributed by atoms with Gasteiger partial charge in [-0.3, -0.25) is 4.99 Å². The highest BCUT2D eigenvalue weighted by Gasteiger charge is 2.25. The fourth-order valence-corrected chi connectivity index (χ4v) is 2.07. The van der Waals surface area contributed by atoms with E-state index in [1.54, 1.807) is 11.8 Å². The lowest BCUT2D eigenvalue weighted by atomic mass is 10.2. The molecule has 0 saturated heterocycles. The lowest BCUT2D eigenvalue weighted by Gasteiger charge is -2.08. The molecule has 0 aliphatic carbocycles. The Morgan fingerprint density at radius 2 is 2.42 bits per heavy atom. The van der Waals surface area contributed by atoms with Crippen LogP contribution in [-0.4, -0.2) is 29.9 Å². The number of hydrogen-bond acceptors (Lipinski definition) is 4. The average molecular weight is 187 g/mol. The second-order valence-corrected chi connectivity index (χ2v) is 4.12. The predicted octanol–water partition coefficient (Wildman–Crippen LogP) is 1.33. The van der Waals surface area contributed by atoms with Gasteiger partial charge in [-0.15, -0.1) is 11.8 Å². The molecule has 0 bridgehead atoms. The SMILES string of the molecule is COC(=O)C1=N[C@H](C(C)C)SC1. The highest BCUT2D eigenvalue weighted by atomic mass is 32.2. The smallest absolute Gasteiger partial charge is 0.352 e. The third-order valence-corrected chi connectivity index (χ3v) is 3.10. The molecule has 0 N–H and O–H groups in total. The first-order valence-corrected chi connectivity index (χ1v) is 4.96. The summed E-state index contributed by atoms with van der Waals surface area (Å²) in [6.45, 7) is 4.20. The molecule has 0 fully saturated rings. The number of carbonyl (C=O) groups excluding carboxylic acids is 1. The van der Waals surface area contributed by atoms with Crippen molar-refractivity contribution in [1.29, 1.82) is 0 Å². The van der Waals surface area contributed by atoms with Gasteiger partial charge in [0.2, 0.25) is 0 Å². The molecule has 3 nitrogen and oxygen atoms in total. The van der Waals surface area contributed by atoms with Crippen molar-refractivity contribution < 1.29 is 9.53 Å². The van der Waals surface area contributed by atoms with Gasteiger partial charge in [-0.2, -0.15) is 0 Å². The second kappa shape index (κ2) is 3.94. The van der Waals surface area contributed by atoms with Crippen molar-refractivity contribution in [1.82, 2.24) is 0 Å². The number of carbonyl (C=O) groups is 1. The molecule has 1 aliphatic heterocycles. The summed E-state index contributed by atoms with van der Waals surface area (Å²) in [4.78, 5) is 15.3. The highest BCUT2D eigenvalue weighted by molar-refractivity contribution is 8.01. The maximum Gasteiger partial charge on any atom is 0.352 e. The molecule has 0 aromatic heterocycles. The van der Waals surface area contributed by atoms with E-state index < -0.39 is 0 Å². The summed E-state index contributed by atoms with van der Waals surface area (Å²) in [6, 6.07) is 0. The van der Waals surface area contributed by atoms with Crippen molar-refractivity contribution in [3.05, 3.63) is 0 Å². The average Bonchev–Trinajstić information content (AvgIpc) is 2.51. The summed E-state index contributed by atoms with van der Waals surface area (Å²) in [5.74, 6) is 0.887. The van der Waals surface area contributed by atoms with Crippen molar-refractivity contribution in [2.24, 2.45) is 10.9 Å². The van der Waals surface area contributed by atoms with Gasteiger partial charge in [0, 0.05) is 5.75 Å². The van der Waals surface area contributed by atoms with Crippen molar-refractivity contribution >= 4 is 23.4 Å². The van der Waals surface area contributed by atoms with Crippen LogP contribution in [0.5, 0.6) is 0 Å². The summed E-state index contributed by atoms with van der Waals surface area (Å²) in [7, 11) is 1.39. The van der Waals surface area contributed by atoms with Crippen LogP contribution in [0.2, 0.25) is 0 Å². The molecule has 68 valence electrons. The Morgan fingerprint density at radius 1 is 1.75 bits per heavy atom. The molecule has 0 radical (unpaired) electrons. The van der Waals surface area contributed by atoms with Crippen molar-refractivity contribution in [2.75, 3.05) is 12.9 Å². The lowest BCUT2D eigenvalue weighted by molar-refractivity contribution is -0.132. The first-order chi connectivity index (χ1) is 5.65. The zero-order valence-corrected chi connectivity index (χ0v) is 8.35. The summed E-state index contributed by atoms with van der Waals surface area (Å²) >= 11 is 1.70. The van der Waals surface area contributed by atoms with Gasteiger partial charge in [0.05, 0.1) is 12.5 Å². The molecule has 1 atom stereocenters. The van der Waals surface area contributed by atoms with E-state index in [1.165, 1.54) is 7.11 Å². The number of ether oxygens (including phenoxy) is 1. The summed E-state index contributed by atoms with van der Waals surface area (Å²) in [6.07, 6.45) is 0. The molecule has 0 saturated carbocycles. The first-order valence-electron chi connectivity index (χ1n) is 3.91. The Kier molecular flexibility index (Phi) is 3.14. The molecule has 1 aliphatic rings. The van der Waals surface area contributed by atoms with E-state index in [1.807, 2.05) is 0 Å². The van der Waals surface area contributed by atoms with Crippen LogP contribution in [0, 0.1) is 5.92 Å². The van der Waals surface area contributed by atoms with E-state index in [-0.39, 0.29) is 11.3 Å². The van der Waals surface area contributed by atoms with Crippen LogP contribution in [0.3, 0.4) is 0 Å². The number of methoxy groups -OCH3 is 1. The number of aliphatic imine (C=N–C) groups is 1. The molecule has 0 amide bonds. The van der Waals surface area contributed by atoms with Gasteiger partial charge in [0.15, 0.2) is 0 Å². The number of rotatable bonds is 2. The Bertz CT molecular complexity index is 213. The fraction of sp³-hybridized carbons (Fsp3) is 0.750. The molecular formula is C8H13NO2S. The molecule has 1 rings (SSSR count). The van der Waals surface area contributed by atoms with Crippen LogP contribution in [-0.2, 0) is 9.53 Å². The van der Waals surface area contributed by atoms with Crippen molar-refractivity contribution in [3.8, 4) is 0 Å². The van der Waals surface area contributed by atoms with Crippen LogP contribution in [0.25, 0.3) is 0 Å². The van der Waals surface area contributed by atoms with E-state index in [0.29, 0.717) is 17.4 Å². The van der Waals surface area contributed by atoms with Crippen LogP contribution in [0.15, 0.2) is 4.99 Å². The van der Waals surface area contributed by atoms with Crippen LogP contribution >= 0.6 is 11.8 Å². The van der Waals surface area contributed by atoms with Crippen molar-refractivity contribution in [2.45, 2.75) is 19.2 Å². The third-order valence-electron chi connectivity index (χ3n) is 1.67. The van der Waals surface area contributed by atoms with E-state index >= 15 is 0 Å². The van der Waals surface area contributed by atoms with Gasteiger partial charge in [0.25, 0.3) is 0 Å². The third kappa shape index (κ3) is 2.00. The number of nitrogens with zero attached hydrogens (tertiary/aromatic N) is 1. The fourth-order valence-electron chi connectivity index (χ4n) is 0.963. The Hall–Kier alpha value is -0.510. The summed E-state index contributed by atoms with van der Waals surface area (Å²) < 4.78 is 4.58. The molecule has 1 heterocycles. The predicted molar refractivity (Wildman–Crippen MR) is 50.5 cm³/mol. The maximum absolute atomic E-state index is 11.0. The second-order valence-electron chi connectivity index (χ2n) is 3.01. The van der Waals surface area contributed by atoms with Gasteiger partial charge >= 0.3 is 5.97 Å². The Labute approximate surface area is 76.6 Å². The largest absolute Gasteiger partial charge is 0.465 e. The van der Waals surface area contributed by atoms with Gasteiger partial charge < -0.3 is 4.74 Å². The van der Waals surface area contributed by atoms with Crippen LogP contribution in [0.4, 0.5) is 0 Å². The first kappa shape index (κ1) is 9.58. The van der Waals surface area contributed by atoms with Gasteiger partial charge in [-0.25, -0.2) is 4.79 Å². The van der Waals surface area contributed by atoms with Crippen molar-refractivity contribution in [3.63, 3.8) is 0 Å². The molecule has 4 heteroatoms. The molecule has 0 unspecified atom stereocenters. The standard InChI is InChI=1S/C8H13NO2S/c1-5(2)7-9-6(4-12-7)8(10)11-3/h5,7H,4H2,1-3H3/t7-/m0/s1. The highest BCUT2D eigenvalue weighted by Crippen LogP contribution is 2.26. The van der Waals surface area contributed by atoms with Crippen LogP contribution in [0.1, 0.15) is 13.8 Å². The summed E-state index contributed by atoms with van der Waals surface area (Å²) in [5.41, 5.74) is 0.571. The van der Waals surface area contributed by atoms with E-state index in [2.05, 4.69) is 23.6 Å². The van der Waals surface area contributed by atoms with Crippen LogP contribution < -0.4 is 0 Å². The van der Waals surface area contributed by atoms with Gasteiger partial charge in [-0.05, 0) is 5.92 Å². The minimum Gasteiger partial charge on any atom is -0.465 e. The number of thioether (sulfide) groups is 1.